The number of thioether (sulfide) groups is 1. The van der Waals surface area contributed by atoms with Crippen molar-refractivity contribution in [2.75, 3.05) is 6.26 Å². The standard InChI is InChI=1S/C16H17N3O2S2/c1-4-7-19-12-6-5-11(22-3)9-14(12)23-16(19)17-15(20)13-8-10(2)18-21-13/h5-6,8-9H,4,7H2,1-3H3. The second-order valence-electron chi connectivity index (χ2n) is 5.12. The van der Waals surface area contributed by atoms with E-state index >= 15 is 0 Å². The van der Waals surface area contributed by atoms with Crippen molar-refractivity contribution in [3.63, 3.8) is 0 Å². The minimum Gasteiger partial charge on any atom is -0.351 e. The van der Waals surface area contributed by atoms with E-state index in [1.54, 1.807) is 24.8 Å². The van der Waals surface area contributed by atoms with Crippen molar-refractivity contribution < 1.29 is 9.32 Å². The molecular weight excluding hydrogens is 330 g/mol. The number of benzene rings is 1. The number of nitrogens with zero attached hydrogens (tertiary/aromatic N) is 3. The lowest BCUT2D eigenvalue weighted by Gasteiger charge is -2.02. The van der Waals surface area contributed by atoms with Gasteiger partial charge in [0.15, 0.2) is 4.80 Å². The Balaban J connectivity index is 2.13. The number of aryl methyl sites for hydroxylation is 2. The lowest BCUT2D eigenvalue weighted by molar-refractivity contribution is 0.0962. The van der Waals surface area contributed by atoms with Crippen LogP contribution in [0.25, 0.3) is 10.2 Å². The van der Waals surface area contributed by atoms with Crippen molar-refractivity contribution in [1.29, 1.82) is 0 Å². The molecule has 0 unspecified atom stereocenters. The third-order valence-corrected chi connectivity index (χ3v) is 5.14. The van der Waals surface area contributed by atoms with Gasteiger partial charge in [-0.15, -0.1) is 11.8 Å². The number of carbonyl (C=O) groups excluding carboxylic acids is 1. The minimum atomic E-state index is -0.396. The number of amides is 1. The van der Waals surface area contributed by atoms with Gasteiger partial charge in [0.1, 0.15) is 0 Å². The Morgan fingerprint density at radius 3 is 2.91 bits per heavy atom. The normalized spacial score (nSPS) is 12.2. The highest BCUT2D eigenvalue weighted by atomic mass is 32.2. The van der Waals surface area contributed by atoms with Gasteiger partial charge in [0.25, 0.3) is 0 Å². The van der Waals surface area contributed by atoms with Crippen molar-refractivity contribution in [2.45, 2.75) is 31.7 Å². The SMILES string of the molecule is CCCn1c(=NC(=O)c2cc(C)no2)sc2cc(SC)ccc21. The lowest BCUT2D eigenvalue weighted by atomic mass is 10.3. The van der Waals surface area contributed by atoms with E-state index in [-0.39, 0.29) is 5.76 Å². The van der Waals surface area contributed by atoms with Crippen LogP contribution in [0.1, 0.15) is 29.6 Å². The molecule has 3 rings (SSSR count). The van der Waals surface area contributed by atoms with Crippen LogP contribution in [0.3, 0.4) is 0 Å². The van der Waals surface area contributed by atoms with E-state index in [2.05, 4.69) is 46.1 Å². The summed E-state index contributed by atoms with van der Waals surface area (Å²) in [5.74, 6) is -0.222. The Hall–Kier alpha value is -1.86. The summed E-state index contributed by atoms with van der Waals surface area (Å²) in [7, 11) is 0. The second kappa shape index (κ2) is 6.72. The molecule has 0 radical (unpaired) electrons. The highest BCUT2D eigenvalue weighted by Gasteiger charge is 2.13. The smallest absolute Gasteiger partial charge is 0.318 e. The average molecular weight is 347 g/mol. The molecular formula is C16H17N3O2S2. The van der Waals surface area contributed by atoms with Gasteiger partial charge in [-0.3, -0.25) is 4.79 Å². The van der Waals surface area contributed by atoms with Crippen molar-refractivity contribution in [1.82, 2.24) is 9.72 Å². The molecule has 0 spiro atoms. The molecule has 0 bridgehead atoms. The first-order valence-corrected chi connectivity index (χ1v) is 9.36. The van der Waals surface area contributed by atoms with Gasteiger partial charge >= 0.3 is 5.91 Å². The molecule has 7 heteroatoms. The van der Waals surface area contributed by atoms with Gasteiger partial charge in [0.2, 0.25) is 5.76 Å². The number of rotatable bonds is 4. The summed E-state index contributed by atoms with van der Waals surface area (Å²) >= 11 is 3.23. The molecule has 2 heterocycles. The summed E-state index contributed by atoms with van der Waals surface area (Å²) in [4.78, 5) is 18.4. The first-order chi connectivity index (χ1) is 11.1. The first-order valence-electron chi connectivity index (χ1n) is 7.32. The quantitative estimate of drug-likeness (QED) is 0.672. The fraction of sp³-hybridized carbons (Fsp3) is 0.312. The Labute approximate surface area is 142 Å². The fourth-order valence-electron chi connectivity index (χ4n) is 2.31. The number of carbonyl (C=O) groups is 1. The van der Waals surface area contributed by atoms with Crippen LogP contribution in [0, 0.1) is 6.92 Å². The molecule has 1 aromatic carbocycles. The summed E-state index contributed by atoms with van der Waals surface area (Å²) in [5, 5.41) is 3.74. The van der Waals surface area contributed by atoms with Crippen molar-refractivity contribution in [3.05, 3.63) is 40.5 Å². The number of hydrogen-bond acceptors (Lipinski definition) is 5. The van der Waals surface area contributed by atoms with Crippen molar-refractivity contribution >= 4 is 39.2 Å². The molecule has 1 amide bonds. The van der Waals surface area contributed by atoms with Gasteiger partial charge in [-0.2, -0.15) is 4.99 Å². The Bertz CT molecular complexity index is 921. The van der Waals surface area contributed by atoms with E-state index in [1.165, 1.54) is 16.2 Å². The largest absolute Gasteiger partial charge is 0.351 e. The Morgan fingerprint density at radius 1 is 1.43 bits per heavy atom. The van der Waals surface area contributed by atoms with E-state index in [4.69, 9.17) is 4.52 Å². The number of fused-ring (bicyclic) bond motifs is 1. The highest BCUT2D eigenvalue weighted by molar-refractivity contribution is 7.98. The first kappa shape index (κ1) is 16.0. The Kier molecular flexibility index (Phi) is 4.68. The summed E-state index contributed by atoms with van der Waals surface area (Å²) in [6.45, 7) is 4.71. The molecule has 0 aliphatic carbocycles. The van der Waals surface area contributed by atoms with Gasteiger partial charge in [0, 0.05) is 17.5 Å². The van der Waals surface area contributed by atoms with Crippen LogP contribution < -0.4 is 4.80 Å². The van der Waals surface area contributed by atoms with Gasteiger partial charge in [-0.1, -0.05) is 23.4 Å². The van der Waals surface area contributed by atoms with E-state index < -0.39 is 5.91 Å². The Morgan fingerprint density at radius 2 is 2.26 bits per heavy atom. The summed E-state index contributed by atoms with van der Waals surface area (Å²) < 4.78 is 8.23. The number of aromatic nitrogens is 2. The lowest BCUT2D eigenvalue weighted by Crippen LogP contribution is -2.16. The zero-order valence-corrected chi connectivity index (χ0v) is 14.8. The fourth-order valence-corrected chi connectivity index (χ4v) is 3.92. The van der Waals surface area contributed by atoms with Crippen LogP contribution in [0.5, 0.6) is 0 Å². The van der Waals surface area contributed by atoms with E-state index in [0.717, 1.165) is 23.2 Å². The maximum Gasteiger partial charge on any atom is 0.318 e. The molecule has 0 atom stereocenters. The van der Waals surface area contributed by atoms with Gasteiger partial charge in [-0.25, -0.2) is 0 Å². The van der Waals surface area contributed by atoms with Crippen LogP contribution in [0.2, 0.25) is 0 Å². The van der Waals surface area contributed by atoms with Crippen molar-refractivity contribution in [3.8, 4) is 0 Å². The predicted molar refractivity (Wildman–Crippen MR) is 93.0 cm³/mol. The van der Waals surface area contributed by atoms with E-state index in [0.29, 0.717) is 10.5 Å². The molecule has 3 aromatic rings. The maximum absolute atomic E-state index is 12.3. The van der Waals surface area contributed by atoms with Gasteiger partial charge in [-0.05, 0) is 37.8 Å². The van der Waals surface area contributed by atoms with Gasteiger partial charge in [0.05, 0.1) is 15.9 Å². The van der Waals surface area contributed by atoms with E-state index in [1.807, 2.05) is 0 Å². The number of hydrogen-bond donors (Lipinski definition) is 0. The molecule has 5 nitrogen and oxygen atoms in total. The zero-order valence-electron chi connectivity index (χ0n) is 13.2. The molecule has 0 aliphatic heterocycles. The molecule has 23 heavy (non-hydrogen) atoms. The summed E-state index contributed by atoms with van der Waals surface area (Å²) in [6.07, 6.45) is 3.02. The third-order valence-electron chi connectivity index (χ3n) is 3.37. The second-order valence-corrected chi connectivity index (χ2v) is 7.01. The van der Waals surface area contributed by atoms with E-state index in [9.17, 15) is 4.79 Å². The molecule has 0 aliphatic rings. The number of thiazole rings is 1. The average Bonchev–Trinajstić information content (AvgIpc) is 3.11. The molecule has 0 fully saturated rings. The summed E-state index contributed by atoms with van der Waals surface area (Å²) in [5.41, 5.74) is 1.78. The van der Waals surface area contributed by atoms with Crippen molar-refractivity contribution in [2.24, 2.45) is 4.99 Å². The third kappa shape index (κ3) is 3.25. The van der Waals surface area contributed by atoms with Crippen LogP contribution in [-0.2, 0) is 6.54 Å². The topological polar surface area (TPSA) is 60.4 Å². The molecule has 0 N–H and O–H groups in total. The maximum atomic E-state index is 12.3. The predicted octanol–water partition coefficient (Wildman–Crippen LogP) is 3.87. The molecule has 0 saturated heterocycles. The molecule has 120 valence electrons. The monoisotopic (exact) mass is 347 g/mol. The molecule has 2 aromatic heterocycles. The zero-order chi connectivity index (χ0) is 16.4. The highest BCUT2D eigenvalue weighted by Crippen LogP contribution is 2.24. The van der Waals surface area contributed by atoms with Crippen LogP contribution >= 0.6 is 23.1 Å². The minimum absolute atomic E-state index is 0.174. The summed E-state index contributed by atoms with van der Waals surface area (Å²) in [6, 6.07) is 7.93. The van der Waals surface area contributed by atoms with Crippen LogP contribution in [0.4, 0.5) is 0 Å². The molecule has 0 saturated carbocycles. The van der Waals surface area contributed by atoms with Crippen LogP contribution in [0.15, 0.2) is 38.7 Å². The van der Waals surface area contributed by atoms with Crippen LogP contribution in [-0.4, -0.2) is 21.9 Å². The van der Waals surface area contributed by atoms with Gasteiger partial charge < -0.3 is 9.09 Å².